The second-order valence-corrected chi connectivity index (χ2v) is 5.51. The van der Waals surface area contributed by atoms with E-state index < -0.39 is 5.97 Å². The molecule has 6 heteroatoms. The summed E-state index contributed by atoms with van der Waals surface area (Å²) < 4.78 is 1.63. The van der Waals surface area contributed by atoms with Crippen LogP contribution in [0, 0.1) is 0 Å². The first kappa shape index (κ1) is 15.0. The third-order valence-corrected chi connectivity index (χ3v) is 4.04. The lowest BCUT2D eigenvalue weighted by molar-refractivity contribution is 0.0695. The van der Waals surface area contributed by atoms with Crippen LogP contribution in [-0.4, -0.2) is 51.4 Å². The average molecular weight is 280 g/mol. The molecule has 0 aliphatic carbocycles. The molecule has 2 rings (SSSR count). The Bertz CT molecular complexity index is 452. The van der Waals surface area contributed by atoms with E-state index in [9.17, 15) is 4.79 Å². The van der Waals surface area contributed by atoms with Gasteiger partial charge in [-0.2, -0.15) is 5.10 Å². The van der Waals surface area contributed by atoms with Gasteiger partial charge in [0.2, 0.25) is 0 Å². The van der Waals surface area contributed by atoms with Crippen LogP contribution in [0.1, 0.15) is 42.2 Å². The van der Waals surface area contributed by atoms with Crippen molar-refractivity contribution in [3.8, 4) is 0 Å². The molecule has 2 N–H and O–H groups in total. The van der Waals surface area contributed by atoms with Crippen LogP contribution in [0.25, 0.3) is 0 Å². The van der Waals surface area contributed by atoms with E-state index in [4.69, 9.17) is 5.11 Å². The van der Waals surface area contributed by atoms with E-state index in [1.807, 2.05) is 0 Å². The lowest BCUT2D eigenvalue weighted by Gasteiger charge is -2.32. The van der Waals surface area contributed by atoms with Crippen molar-refractivity contribution in [3.05, 3.63) is 17.5 Å². The average Bonchev–Trinajstić information content (AvgIpc) is 2.81. The Labute approximate surface area is 119 Å². The fraction of sp³-hybridized carbons (Fsp3) is 0.714. The van der Waals surface area contributed by atoms with E-state index in [1.165, 1.54) is 38.5 Å². The summed E-state index contributed by atoms with van der Waals surface area (Å²) in [5.41, 5.74) is 1.01. The van der Waals surface area contributed by atoms with Crippen LogP contribution in [0.5, 0.6) is 0 Å². The van der Waals surface area contributed by atoms with Crippen molar-refractivity contribution in [1.82, 2.24) is 20.0 Å². The number of aryl methyl sites for hydroxylation is 1. The zero-order valence-corrected chi connectivity index (χ0v) is 12.3. The molecular formula is C14H24N4O2. The van der Waals surface area contributed by atoms with Crippen LogP contribution in [0.2, 0.25) is 0 Å². The molecule has 0 amide bonds. The van der Waals surface area contributed by atoms with Gasteiger partial charge in [-0.15, -0.1) is 0 Å². The number of carbonyl (C=O) groups is 1. The lowest BCUT2D eigenvalue weighted by atomic mass is 10.1. The van der Waals surface area contributed by atoms with Crippen molar-refractivity contribution in [2.24, 2.45) is 7.05 Å². The quantitative estimate of drug-likeness (QED) is 0.816. The molecule has 1 fully saturated rings. The van der Waals surface area contributed by atoms with Crippen LogP contribution >= 0.6 is 0 Å². The first-order chi connectivity index (χ1) is 9.59. The number of aromatic nitrogens is 2. The predicted octanol–water partition coefficient (Wildman–Crippen LogP) is 1.08. The van der Waals surface area contributed by atoms with Gasteiger partial charge in [0.25, 0.3) is 0 Å². The third kappa shape index (κ3) is 3.58. The molecule has 20 heavy (non-hydrogen) atoms. The number of hydrogen-bond donors (Lipinski definition) is 2. The highest BCUT2D eigenvalue weighted by molar-refractivity contribution is 5.88. The topological polar surface area (TPSA) is 70.4 Å². The smallest absolute Gasteiger partial charge is 0.339 e. The van der Waals surface area contributed by atoms with Gasteiger partial charge in [0.15, 0.2) is 0 Å². The maximum atomic E-state index is 11.1. The fourth-order valence-corrected chi connectivity index (χ4v) is 2.74. The minimum absolute atomic E-state index is 0.283. The number of likely N-dealkylation sites (tertiary alicyclic amines) is 1. The highest BCUT2D eigenvalue weighted by Crippen LogP contribution is 2.12. The maximum absolute atomic E-state index is 11.1. The molecule has 0 aromatic carbocycles. The zero-order chi connectivity index (χ0) is 14.5. The molecule has 1 aromatic heterocycles. The Morgan fingerprint density at radius 2 is 2.15 bits per heavy atom. The van der Waals surface area contributed by atoms with Crippen molar-refractivity contribution in [3.63, 3.8) is 0 Å². The molecule has 2 heterocycles. The number of carboxylic acids is 1. The Balaban J connectivity index is 1.83. The van der Waals surface area contributed by atoms with Gasteiger partial charge in [0, 0.05) is 26.2 Å². The van der Waals surface area contributed by atoms with Crippen molar-refractivity contribution in [2.75, 3.05) is 19.6 Å². The molecule has 1 atom stereocenters. The highest BCUT2D eigenvalue weighted by atomic mass is 16.4. The van der Waals surface area contributed by atoms with Gasteiger partial charge < -0.3 is 10.4 Å². The highest BCUT2D eigenvalue weighted by Gasteiger charge is 2.18. The zero-order valence-electron chi connectivity index (χ0n) is 12.3. The second kappa shape index (κ2) is 6.85. The molecule has 1 saturated heterocycles. The number of rotatable bonds is 6. The molecule has 112 valence electrons. The maximum Gasteiger partial charge on any atom is 0.339 e. The van der Waals surface area contributed by atoms with Gasteiger partial charge in [-0.3, -0.25) is 9.58 Å². The van der Waals surface area contributed by atoms with Gasteiger partial charge in [0.1, 0.15) is 5.56 Å². The van der Waals surface area contributed by atoms with Crippen molar-refractivity contribution in [1.29, 1.82) is 0 Å². The van der Waals surface area contributed by atoms with E-state index in [2.05, 4.69) is 22.2 Å². The van der Waals surface area contributed by atoms with Crippen molar-refractivity contribution >= 4 is 5.97 Å². The number of nitrogens with one attached hydrogen (secondary N) is 1. The second-order valence-electron chi connectivity index (χ2n) is 5.51. The first-order valence-corrected chi connectivity index (χ1v) is 7.28. The molecule has 0 saturated carbocycles. The molecule has 0 spiro atoms. The molecule has 1 aliphatic rings. The van der Waals surface area contributed by atoms with E-state index >= 15 is 0 Å². The summed E-state index contributed by atoms with van der Waals surface area (Å²) in [4.78, 5) is 13.6. The summed E-state index contributed by atoms with van der Waals surface area (Å²) in [6, 6.07) is 0.483. The standard InChI is InChI=1S/C14H24N4O2/c1-11(18-6-4-3-5-7-18)8-15-10-13-12(14(19)20)9-16-17(13)2/h9,11,15H,3-8,10H2,1-2H3,(H,19,20). The van der Waals surface area contributed by atoms with Gasteiger partial charge in [-0.1, -0.05) is 6.42 Å². The van der Waals surface area contributed by atoms with E-state index in [0.29, 0.717) is 12.6 Å². The van der Waals surface area contributed by atoms with Crippen LogP contribution in [0.4, 0.5) is 0 Å². The van der Waals surface area contributed by atoms with Crippen LogP contribution in [0.3, 0.4) is 0 Å². The summed E-state index contributed by atoms with van der Waals surface area (Å²) >= 11 is 0. The Hall–Kier alpha value is -1.40. The molecule has 0 radical (unpaired) electrons. The third-order valence-electron chi connectivity index (χ3n) is 4.04. The van der Waals surface area contributed by atoms with Crippen LogP contribution in [0.15, 0.2) is 6.20 Å². The summed E-state index contributed by atoms with van der Waals surface area (Å²) in [6.07, 6.45) is 5.32. The number of piperidine rings is 1. The molecule has 1 aliphatic heterocycles. The SMILES string of the molecule is CC(CNCc1c(C(=O)O)cnn1C)N1CCCCC1. The van der Waals surface area contributed by atoms with Crippen molar-refractivity contribution < 1.29 is 9.90 Å². The molecule has 6 nitrogen and oxygen atoms in total. The van der Waals surface area contributed by atoms with Crippen LogP contribution in [-0.2, 0) is 13.6 Å². The molecule has 1 unspecified atom stereocenters. The lowest BCUT2D eigenvalue weighted by Crippen LogP contribution is -2.43. The predicted molar refractivity (Wildman–Crippen MR) is 76.8 cm³/mol. The molecule has 1 aromatic rings. The number of nitrogens with zero attached hydrogens (tertiary/aromatic N) is 3. The summed E-state index contributed by atoms with van der Waals surface area (Å²) in [6.45, 7) is 5.98. The number of carboxylic acid groups (broad SMARTS) is 1. The van der Waals surface area contributed by atoms with Gasteiger partial charge in [-0.05, 0) is 32.9 Å². The normalized spacial score (nSPS) is 18.1. The van der Waals surface area contributed by atoms with E-state index in [0.717, 1.165) is 12.2 Å². The molecule has 0 bridgehead atoms. The molecular weight excluding hydrogens is 256 g/mol. The van der Waals surface area contributed by atoms with Gasteiger partial charge >= 0.3 is 5.97 Å². The Kier molecular flexibility index (Phi) is 5.14. The largest absolute Gasteiger partial charge is 0.478 e. The summed E-state index contributed by atoms with van der Waals surface area (Å²) in [7, 11) is 1.78. The van der Waals surface area contributed by atoms with E-state index in [1.54, 1.807) is 11.7 Å². The summed E-state index contributed by atoms with van der Waals surface area (Å²) in [5, 5.41) is 16.5. The van der Waals surface area contributed by atoms with Crippen molar-refractivity contribution in [2.45, 2.75) is 38.8 Å². The van der Waals surface area contributed by atoms with Gasteiger partial charge in [0.05, 0.1) is 11.9 Å². The van der Waals surface area contributed by atoms with Crippen LogP contribution < -0.4 is 5.32 Å². The fourth-order valence-electron chi connectivity index (χ4n) is 2.74. The monoisotopic (exact) mass is 280 g/mol. The minimum Gasteiger partial charge on any atom is -0.478 e. The summed E-state index contributed by atoms with van der Waals surface area (Å²) in [5.74, 6) is -0.918. The Morgan fingerprint density at radius 1 is 1.45 bits per heavy atom. The van der Waals surface area contributed by atoms with Gasteiger partial charge in [-0.25, -0.2) is 4.79 Å². The number of aromatic carboxylic acids is 1. The number of hydrogen-bond acceptors (Lipinski definition) is 4. The van der Waals surface area contributed by atoms with E-state index in [-0.39, 0.29) is 5.56 Å². The first-order valence-electron chi connectivity index (χ1n) is 7.28. The minimum atomic E-state index is -0.918. The Morgan fingerprint density at radius 3 is 2.80 bits per heavy atom.